The van der Waals surface area contributed by atoms with E-state index < -0.39 is 10.1 Å². The maximum atomic E-state index is 12.4. The number of nitrogens with zero attached hydrogens (tertiary/aromatic N) is 4. The molecule has 152 valence electrons. The van der Waals surface area contributed by atoms with Crippen molar-refractivity contribution >= 4 is 21.5 Å². The highest BCUT2D eigenvalue weighted by atomic mass is 32.2. The zero-order valence-electron chi connectivity index (χ0n) is 16.4. The maximum absolute atomic E-state index is 12.4. The largest absolute Gasteiger partial charge is 0.379 e. The molecule has 8 nitrogen and oxygen atoms in total. The zero-order chi connectivity index (χ0) is 21.3. The molecule has 1 aliphatic carbocycles. The first-order valence-corrected chi connectivity index (χ1v) is 10.5. The summed E-state index contributed by atoms with van der Waals surface area (Å²) in [5.41, 5.74) is 2.65. The summed E-state index contributed by atoms with van der Waals surface area (Å²) in [6, 6.07) is 17.8. The lowest BCUT2D eigenvalue weighted by molar-refractivity contribution is 0.486. The van der Waals surface area contributed by atoms with Gasteiger partial charge in [0.05, 0.1) is 16.7 Å². The fourth-order valence-corrected chi connectivity index (χ4v) is 3.95. The van der Waals surface area contributed by atoms with Crippen LogP contribution >= 0.6 is 0 Å². The summed E-state index contributed by atoms with van der Waals surface area (Å²) < 4.78 is 33.7. The number of aryl methyl sites for hydroxylation is 1. The topological polar surface area (TPSA) is 102 Å². The Morgan fingerprint density at radius 1 is 0.900 bits per heavy atom. The van der Waals surface area contributed by atoms with E-state index in [-0.39, 0.29) is 16.0 Å². The average molecular weight is 421 g/mol. The molecule has 30 heavy (non-hydrogen) atoms. The van der Waals surface area contributed by atoms with Gasteiger partial charge in [0.25, 0.3) is 0 Å². The van der Waals surface area contributed by atoms with Gasteiger partial charge in [-0.1, -0.05) is 18.2 Å². The van der Waals surface area contributed by atoms with Gasteiger partial charge in [-0.2, -0.15) is 13.5 Å². The Hall–Kier alpha value is -3.72. The minimum absolute atomic E-state index is 0.0167. The molecule has 0 saturated heterocycles. The molecule has 0 atom stereocenters. The Kier molecular flexibility index (Phi) is 4.96. The van der Waals surface area contributed by atoms with Crippen molar-refractivity contribution in [1.82, 2.24) is 9.36 Å². The van der Waals surface area contributed by atoms with Crippen LogP contribution in [0, 0.1) is 5.41 Å². The lowest BCUT2D eigenvalue weighted by Gasteiger charge is -2.07. The van der Waals surface area contributed by atoms with E-state index in [2.05, 4.69) is 10.2 Å². The maximum Gasteiger partial charge on any atom is 0.339 e. The Morgan fingerprint density at radius 3 is 2.30 bits per heavy atom. The van der Waals surface area contributed by atoms with Crippen molar-refractivity contribution < 1.29 is 12.6 Å². The van der Waals surface area contributed by atoms with Crippen LogP contribution in [0.5, 0.6) is 5.75 Å². The predicted octanol–water partition coefficient (Wildman–Crippen LogP) is 4.13. The molecule has 1 aliphatic heterocycles. The second-order valence-electron chi connectivity index (χ2n) is 6.67. The normalized spacial score (nSPS) is 11.9. The number of hydrogen-bond acceptors (Lipinski definition) is 6. The van der Waals surface area contributed by atoms with E-state index in [1.807, 2.05) is 35.7 Å². The molecule has 2 aromatic carbocycles. The van der Waals surface area contributed by atoms with Gasteiger partial charge in [0.15, 0.2) is 0 Å². The van der Waals surface area contributed by atoms with E-state index >= 15 is 0 Å². The highest BCUT2D eigenvalue weighted by Gasteiger charge is 2.17. The Bertz CT molecular complexity index is 1350. The summed E-state index contributed by atoms with van der Waals surface area (Å²) in [7, 11) is -0.158. The second kappa shape index (κ2) is 7.60. The second-order valence-corrected chi connectivity index (χ2v) is 8.22. The number of fused-ring (bicyclic) bond motifs is 1. The number of rotatable bonds is 5. The fraction of sp³-hybridized carbons (Fsp3) is 0.0952. The van der Waals surface area contributed by atoms with Crippen molar-refractivity contribution in [3.63, 3.8) is 0 Å². The molecular weight excluding hydrogens is 402 g/mol. The van der Waals surface area contributed by atoms with Crippen LogP contribution in [0.25, 0.3) is 11.3 Å². The Morgan fingerprint density at radius 2 is 1.60 bits per heavy atom. The average Bonchev–Trinajstić information content (AvgIpc) is 3.02. The fourth-order valence-electron chi connectivity index (χ4n) is 3.02. The quantitative estimate of drug-likeness (QED) is 0.387. The van der Waals surface area contributed by atoms with Crippen LogP contribution < -0.4 is 9.54 Å². The molecule has 9 heteroatoms. The molecule has 0 unspecified atom stereocenters. The summed E-state index contributed by atoms with van der Waals surface area (Å²) in [6.07, 6.45) is 1.94. The van der Waals surface area contributed by atoms with Crippen molar-refractivity contribution in [3.8, 4) is 17.0 Å². The van der Waals surface area contributed by atoms with Crippen molar-refractivity contribution in [2.75, 3.05) is 0 Å². The van der Waals surface area contributed by atoms with Gasteiger partial charge in [-0.15, -0.1) is 5.11 Å². The predicted molar refractivity (Wildman–Crippen MR) is 112 cm³/mol. The smallest absolute Gasteiger partial charge is 0.339 e. The van der Waals surface area contributed by atoms with Crippen molar-refractivity contribution in [2.45, 2.75) is 4.90 Å². The molecule has 0 aromatic heterocycles. The lowest BCUT2D eigenvalue weighted by Crippen LogP contribution is -2.09. The minimum Gasteiger partial charge on any atom is -0.379 e. The number of nitrogens with one attached hydrogen (secondary N) is 1. The van der Waals surface area contributed by atoms with Crippen molar-refractivity contribution in [1.29, 1.82) is 5.41 Å². The molecule has 2 aromatic rings. The summed E-state index contributed by atoms with van der Waals surface area (Å²) >= 11 is 0. The molecule has 0 fully saturated rings. The number of benzene rings is 3. The number of aromatic nitrogens is 2. The van der Waals surface area contributed by atoms with Gasteiger partial charge in [0.1, 0.15) is 16.3 Å². The van der Waals surface area contributed by atoms with Crippen LogP contribution in [-0.2, 0) is 24.2 Å². The standard InChI is InChI=1S/C21H19N5O3S/c1-25-14-15-8-13-19(22)20(21(15)26(25)2)24-23-16-9-11-18(12-10-16)30(27,28)29-17-6-4-3-5-7-17/h3-14,22H,1-2H3. The molecule has 0 saturated carbocycles. The van der Waals surface area contributed by atoms with E-state index in [9.17, 15) is 8.42 Å². The van der Waals surface area contributed by atoms with Gasteiger partial charge >= 0.3 is 10.1 Å². The third-order valence-corrected chi connectivity index (χ3v) is 5.91. The molecular formula is C21H19N5O3S. The van der Waals surface area contributed by atoms with E-state index in [4.69, 9.17) is 9.59 Å². The molecule has 2 aliphatic rings. The molecule has 0 bridgehead atoms. The monoisotopic (exact) mass is 421 g/mol. The van der Waals surface area contributed by atoms with E-state index in [0.717, 1.165) is 11.3 Å². The summed E-state index contributed by atoms with van der Waals surface area (Å²) in [6.45, 7) is 0. The Balaban J connectivity index is 1.60. The SMILES string of the molecule is Cn1cc2ccc(=N)c(N=Nc3ccc(S(=O)(=O)Oc4ccccc4)cc3)c-2n1C. The van der Waals surface area contributed by atoms with Crippen LogP contribution in [0.2, 0.25) is 0 Å². The number of azo groups is 1. The van der Waals surface area contributed by atoms with E-state index in [1.165, 1.54) is 12.1 Å². The molecule has 1 heterocycles. The van der Waals surface area contributed by atoms with Gasteiger partial charge in [-0.3, -0.25) is 14.8 Å². The first-order chi connectivity index (χ1) is 14.3. The van der Waals surface area contributed by atoms with Gasteiger partial charge in [0.2, 0.25) is 0 Å². The lowest BCUT2D eigenvalue weighted by atomic mass is 10.1. The van der Waals surface area contributed by atoms with E-state index in [0.29, 0.717) is 11.4 Å². The third-order valence-electron chi connectivity index (χ3n) is 4.65. The number of hydrogen-bond donors (Lipinski definition) is 1. The molecule has 0 amide bonds. The van der Waals surface area contributed by atoms with Gasteiger partial charge in [-0.05, 0) is 48.5 Å². The first kappa shape index (κ1) is 19.6. The summed E-state index contributed by atoms with van der Waals surface area (Å²) in [5.74, 6) is 0.244. The third kappa shape index (κ3) is 3.74. The highest BCUT2D eigenvalue weighted by molar-refractivity contribution is 7.87. The van der Waals surface area contributed by atoms with Crippen LogP contribution in [0.3, 0.4) is 0 Å². The van der Waals surface area contributed by atoms with Gasteiger partial charge in [-0.25, -0.2) is 0 Å². The molecule has 0 radical (unpaired) electrons. The molecule has 1 N–H and O–H groups in total. The van der Waals surface area contributed by atoms with Crippen LogP contribution in [-0.4, -0.2) is 17.8 Å². The zero-order valence-corrected chi connectivity index (χ0v) is 17.2. The van der Waals surface area contributed by atoms with Crippen LogP contribution in [0.4, 0.5) is 11.4 Å². The van der Waals surface area contributed by atoms with E-state index in [1.54, 1.807) is 48.5 Å². The van der Waals surface area contributed by atoms with Crippen LogP contribution in [0.15, 0.2) is 88.1 Å². The molecule has 0 spiro atoms. The molecule has 4 rings (SSSR count). The van der Waals surface area contributed by atoms with Crippen LogP contribution in [0.1, 0.15) is 0 Å². The first-order valence-electron chi connectivity index (χ1n) is 9.06. The van der Waals surface area contributed by atoms with Gasteiger partial charge in [0, 0.05) is 25.9 Å². The summed E-state index contributed by atoms with van der Waals surface area (Å²) in [5, 5.41) is 16.9. The van der Waals surface area contributed by atoms with Crippen molar-refractivity contribution in [2.24, 2.45) is 24.3 Å². The Labute approximate surface area is 173 Å². The highest BCUT2D eigenvalue weighted by Crippen LogP contribution is 2.30. The minimum atomic E-state index is -3.94. The number of para-hydroxylation sites is 1. The van der Waals surface area contributed by atoms with Crippen molar-refractivity contribution in [3.05, 3.63) is 78.3 Å². The van der Waals surface area contributed by atoms with Gasteiger partial charge < -0.3 is 4.18 Å². The summed E-state index contributed by atoms with van der Waals surface area (Å²) in [4.78, 5) is 0.0167.